The van der Waals surface area contributed by atoms with Crippen LogP contribution in [-0.2, 0) is 6.61 Å². The van der Waals surface area contributed by atoms with E-state index in [9.17, 15) is 9.59 Å². The molecule has 0 bridgehead atoms. The van der Waals surface area contributed by atoms with Crippen molar-refractivity contribution in [2.45, 2.75) is 26.5 Å². The van der Waals surface area contributed by atoms with E-state index >= 15 is 0 Å². The van der Waals surface area contributed by atoms with Gasteiger partial charge in [0.05, 0.1) is 20.3 Å². The fourth-order valence-corrected chi connectivity index (χ4v) is 3.04. The van der Waals surface area contributed by atoms with Gasteiger partial charge in [-0.25, -0.2) is 0 Å². The number of ether oxygens (including phenoxy) is 3. The second kappa shape index (κ2) is 9.84. The van der Waals surface area contributed by atoms with Gasteiger partial charge in [0, 0.05) is 11.1 Å². The molecule has 1 amide bonds. The molecule has 1 heterocycles. The number of nitrogens with one attached hydrogen (secondary N) is 1. The first-order chi connectivity index (χ1) is 14.9. The molecule has 7 heteroatoms. The van der Waals surface area contributed by atoms with Gasteiger partial charge in [0.25, 0.3) is 5.91 Å². The molecule has 0 aliphatic carbocycles. The highest BCUT2D eigenvalue weighted by atomic mass is 16.5. The largest absolute Gasteiger partial charge is 0.497 e. The number of benzene rings is 2. The highest BCUT2D eigenvalue weighted by Gasteiger charge is 2.18. The van der Waals surface area contributed by atoms with Crippen molar-refractivity contribution in [3.8, 4) is 17.2 Å². The molecule has 7 nitrogen and oxygen atoms in total. The van der Waals surface area contributed by atoms with Crippen LogP contribution in [0.3, 0.4) is 0 Å². The molecule has 3 aromatic rings. The Hall–Kier alpha value is -3.74. The van der Waals surface area contributed by atoms with Crippen LogP contribution in [0.1, 0.15) is 52.1 Å². The van der Waals surface area contributed by atoms with Crippen LogP contribution in [0.5, 0.6) is 17.2 Å². The molecule has 0 saturated carbocycles. The lowest BCUT2D eigenvalue weighted by Gasteiger charge is -2.17. The van der Waals surface area contributed by atoms with Crippen molar-refractivity contribution in [1.29, 1.82) is 0 Å². The normalized spacial score (nSPS) is 11.5. The smallest absolute Gasteiger partial charge is 0.287 e. The molecule has 3 rings (SSSR count). The van der Waals surface area contributed by atoms with Gasteiger partial charge >= 0.3 is 0 Å². The van der Waals surface area contributed by atoms with Crippen molar-refractivity contribution >= 4 is 11.7 Å². The van der Waals surface area contributed by atoms with Crippen LogP contribution in [-0.4, -0.2) is 25.9 Å². The van der Waals surface area contributed by atoms with Crippen molar-refractivity contribution in [2.24, 2.45) is 0 Å². The summed E-state index contributed by atoms with van der Waals surface area (Å²) >= 11 is 0. The number of hydrogen-bond donors (Lipinski definition) is 1. The summed E-state index contributed by atoms with van der Waals surface area (Å²) in [6.07, 6.45) is 0. The Balaban J connectivity index is 1.61. The van der Waals surface area contributed by atoms with E-state index in [1.807, 2.05) is 13.0 Å². The SMILES string of the molecule is COc1ccc(OC)c(C(C)NC(=O)c2ccc(COc3ccc(C(C)=O)cc3)o2)c1. The number of amides is 1. The van der Waals surface area contributed by atoms with Crippen LogP contribution in [0, 0.1) is 0 Å². The molecular formula is C24H25NO6. The molecule has 0 radical (unpaired) electrons. The monoisotopic (exact) mass is 423 g/mol. The van der Waals surface area contributed by atoms with Crippen molar-refractivity contribution in [2.75, 3.05) is 14.2 Å². The average molecular weight is 423 g/mol. The first-order valence-corrected chi connectivity index (χ1v) is 9.76. The Morgan fingerprint density at radius 2 is 1.68 bits per heavy atom. The predicted molar refractivity (Wildman–Crippen MR) is 115 cm³/mol. The van der Waals surface area contributed by atoms with Gasteiger partial charge in [-0.1, -0.05) is 0 Å². The molecule has 0 saturated heterocycles. The van der Waals surface area contributed by atoms with Crippen LogP contribution in [0.25, 0.3) is 0 Å². The second-order valence-corrected chi connectivity index (χ2v) is 6.94. The summed E-state index contributed by atoms with van der Waals surface area (Å²) in [5.41, 5.74) is 1.41. The van der Waals surface area contributed by atoms with E-state index in [4.69, 9.17) is 18.6 Å². The Morgan fingerprint density at radius 3 is 2.32 bits per heavy atom. The van der Waals surface area contributed by atoms with Gasteiger partial charge in [-0.05, 0) is 68.4 Å². The molecule has 0 fully saturated rings. The molecule has 162 valence electrons. The molecule has 0 aliphatic rings. The molecule has 2 aromatic carbocycles. The van der Waals surface area contributed by atoms with Crippen LogP contribution >= 0.6 is 0 Å². The third kappa shape index (κ3) is 5.45. The van der Waals surface area contributed by atoms with Gasteiger partial charge in [0.1, 0.15) is 29.6 Å². The fraction of sp³-hybridized carbons (Fsp3) is 0.250. The number of carbonyl (C=O) groups excluding carboxylic acids is 2. The number of methoxy groups -OCH3 is 2. The summed E-state index contributed by atoms with van der Waals surface area (Å²) in [6, 6.07) is 15.2. The lowest BCUT2D eigenvalue weighted by Crippen LogP contribution is -2.26. The Kier molecular flexibility index (Phi) is 6.97. The van der Waals surface area contributed by atoms with E-state index in [1.165, 1.54) is 6.92 Å². The molecule has 0 spiro atoms. The lowest BCUT2D eigenvalue weighted by atomic mass is 10.1. The Bertz CT molecular complexity index is 1050. The van der Waals surface area contributed by atoms with E-state index in [-0.39, 0.29) is 30.1 Å². The van der Waals surface area contributed by atoms with Crippen LogP contribution in [0.4, 0.5) is 0 Å². The summed E-state index contributed by atoms with van der Waals surface area (Å²) in [5.74, 6) is 2.25. The predicted octanol–water partition coefficient (Wildman–Crippen LogP) is 4.57. The van der Waals surface area contributed by atoms with E-state index in [0.29, 0.717) is 28.6 Å². The van der Waals surface area contributed by atoms with Crippen LogP contribution in [0.15, 0.2) is 59.0 Å². The maximum Gasteiger partial charge on any atom is 0.287 e. The molecule has 1 aromatic heterocycles. The lowest BCUT2D eigenvalue weighted by molar-refractivity contribution is 0.0906. The molecule has 31 heavy (non-hydrogen) atoms. The Morgan fingerprint density at radius 1 is 0.968 bits per heavy atom. The van der Waals surface area contributed by atoms with Gasteiger partial charge in [-0.2, -0.15) is 0 Å². The van der Waals surface area contributed by atoms with Gasteiger partial charge < -0.3 is 23.9 Å². The molecular weight excluding hydrogens is 398 g/mol. The van der Waals surface area contributed by atoms with Crippen molar-refractivity contribution in [3.05, 3.63) is 77.2 Å². The number of Topliss-reactive ketones (excluding diaryl/α,β-unsaturated/α-hetero) is 1. The van der Waals surface area contributed by atoms with E-state index in [2.05, 4.69) is 5.32 Å². The minimum absolute atomic E-state index is 0.00552. The number of furan rings is 1. The van der Waals surface area contributed by atoms with Crippen molar-refractivity contribution in [1.82, 2.24) is 5.32 Å². The fourth-order valence-electron chi connectivity index (χ4n) is 3.04. The van der Waals surface area contributed by atoms with E-state index in [0.717, 1.165) is 5.56 Å². The second-order valence-electron chi connectivity index (χ2n) is 6.94. The molecule has 1 N–H and O–H groups in total. The number of hydrogen-bond acceptors (Lipinski definition) is 6. The third-order valence-electron chi connectivity index (χ3n) is 4.78. The topological polar surface area (TPSA) is 87.0 Å². The van der Waals surface area contributed by atoms with Gasteiger partial charge in [-0.3, -0.25) is 9.59 Å². The maximum absolute atomic E-state index is 12.6. The van der Waals surface area contributed by atoms with Crippen LogP contribution in [0.2, 0.25) is 0 Å². The Labute approximate surface area is 180 Å². The van der Waals surface area contributed by atoms with Gasteiger partial charge in [0.15, 0.2) is 11.5 Å². The number of rotatable bonds is 9. The van der Waals surface area contributed by atoms with Crippen molar-refractivity contribution in [3.63, 3.8) is 0 Å². The summed E-state index contributed by atoms with van der Waals surface area (Å²) < 4.78 is 21.9. The first-order valence-electron chi connectivity index (χ1n) is 9.76. The zero-order chi connectivity index (χ0) is 22.4. The summed E-state index contributed by atoms with van der Waals surface area (Å²) in [4.78, 5) is 24.0. The highest BCUT2D eigenvalue weighted by Crippen LogP contribution is 2.29. The van der Waals surface area contributed by atoms with E-state index in [1.54, 1.807) is 62.8 Å². The number of ketones is 1. The average Bonchev–Trinajstić information content (AvgIpc) is 3.26. The highest BCUT2D eigenvalue weighted by molar-refractivity contribution is 5.94. The van der Waals surface area contributed by atoms with Crippen molar-refractivity contribution < 1.29 is 28.2 Å². The zero-order valence-corrected chi connectivity index (χ0v) is 17.9. The van der Waals surface area contributed by atoms with Gasteiger partial charge in [0.2, 0.25) is 0 Å². The summed E-state index contributed by atoms with van der Waals surface area (Å²) in [6.45, 7) is 3.52. The third-order valence-corrected chi connectivity index (χ3v) is 4.78. The minimum Gasteiger partial charge on any atom is -0.497 e. The summed E-state index contributed by atoms with van der Waals surface area (Å²) in [7, 11) is 3.16. The summed E-state index contributed by atoms with van der Waals surface area (Å²) in [5, 5.41) is 2.90. The number of carbonyl (C=O) groups is 2. The molecule has 1 unspecified atom stereocenters. The van der Waals surface area contributed by atoms with Crippen LogP contribution < -0.4 is 19.5 Å². The quantitative estimate of drug-likeness (QED) is 0.508. The first kappa shape index (κ1) is 22.0. The minimum atomic E-state index is -0.352. The maximum atomic E-state index is 12.6. The zero-order valence-electron chi connectivity index (χ0n) is 17.9. The molecule has 0 aliphatic heterocycles. The van der Waals surface area contributed by atoms with Gasteiger partial charge in [-0.15, -0.1) is 0 Å². The standard InChI is InChI=1S/C24H25NO6/c1-15(21-13-19(28-3)9-11-22(21)29-4)25-24(27)23-12-10-20(31-23)14-30-18-7-5-17(6-8-18)16(2)26/h5-13,15H,14H2,1-4H3,(H,25,27). The molecule has 1 atom stereocenters. The van der Waals surface area contributed by atoms with E-state index < -0.39 is 0 Å².